The van der Waals surface area contributed by atoms with Gasteiger partial charge in [-0.3, -0.25) is 0 Å². The monoisotopic (exact) mass is 321 g/mol. The Balaban J connectivity index is 1.93. The van der Waals surface area contributed by atoms with Gasteiger partial charge in [0.15, 0.2) is 0 Å². The van der Waals surface area contributed by atoms with Gasteiger partial charge in [-0.2, -0.15) is 0 Å². The van der Waals surface area contributed by atoms with Crippen LogP contribution in [-0.4, -0.2) is 18.3 Å². The zero-order valence-electron chi connectivity index (χ0n) is 11.7. The van der Waals surface area contributed by atoms with Crippen LogP contribution in [0.3, 0.4) is 0 Å². The highest BCUT2D eigenvalue weighted by Crippen LogP contribution is 2.42. The molecule has 2 nitrogen and oxygen atoms in total. The summed E-state index contributed by atoms with van der Waals surface area (Å²) in [6, 6.07) is 13.8. The van der Waals surface area contributed by atoms with Crippen LogP contribution in [0.25, 0.3) is 0 Å². The first-order chi connectivity index (χ1) is 10.1. The normalized spacial score (nSPS) is 24.1. The predicted molar refractivity (Wildman–Crippen MR) is 87.2 cm³/mol. The summed E-state index contributed by atoms with van der Waals surface area (Å²) in [5.74, 6) is 0.0656. The fourth-order valence-electron chi connectivity index (χ4n) is 3.21. The molecule has 0 radical (unpaired) electrons. The SMILES string of the molecule is CN[C@H]1c2ccccc2[C@H](Cc2ccc(Cl)c(Cl)c2)C1O. The van der Waals surface area contributed by atoms with Crippen molar-refractivity contribution in [1.82, 2.24) is 5.32 Å². The number of halogens is 2. The third-order valence-electron chi connectivity index (χ3n) is 4.23. The molecule has 0 amide bonds. The van der Waals surface area contributed by atoms with E-state index in [4.69, 9.17) is 23.2 Å². The molecule has 1 aliphatic carbocycles. The van der Waals surface area contributed by atoms with E-state index < -0.39 is 6.10 Å². The maximum atomic E-state index is 10.6. The van der Waals surface area contributed by atoms with Crippen LogP contribution in [0.4, 0.5) is 0 Å². The zero-order valence-corrected chi connectivity index (χ0v) is 13.2. The topological polar surface area (TPSA) is 32.3 Å². The smallest absolute Gasteiger partial charge is 0.0806 e. The summed E-state index contributed by atoms with van der Waals surface area (Å²) in [4.78, 5) is 0. The lowest BCUT2D eigenvalue weighted by Crippen LogP contribution is -2.28. The average molecular weight is 322 g/mol. The van der Waals surface area contributed by atoms with Crippen LogP contribution in [0.15, 0.2) is 42.5 Å². The molecule has 3 rings (SSSR count). The van der Waals surface area contributed by atoms with Crippen molar-refractivity contribution in [3.63, 3.8) is 0 Å². The molecule has 1 unspecified atom stereocenters. The van der Waals surface area contributed by atoms with E-state index in [1.165, 1.54) is 11.1 Å². The van der Waals surface area contributed by atoms with Gasteiger partial charge < -0.3 is 10.4 Å². The van der Waals surface area contributed by atoms with Crippen molar-refractivity contribution in [3.05, 3.63) is 69.2 Å². The second-order valence-electron chi connectivity index (χ2n) is 5.44. The molecule has 21 heavy (non-hydrogen) atoms. The molecule has 1 aliphatic rings. The van der Waals surface area contributed by atoms with Crippen molar-refractivity contribution in [2.45, 2.75) is 24.5 Å². The Morgan fingerprint density at radius 2 is 1.76 bits per heavy atom. The molecule has 0 spiro atoms. The van der Waals surface area contributed by atoms with Crippen molar-refractivity contribution < 1.29 is 5.11 Å². The molecule has 0 fully saturated rings. The minimum absolute atomic E-state index is 0.0195. The Hall–Kier alpha value is -1.06. The summed E-state index contributed by atoms with van der Waals surface area (Å²) in [5.41, 5.74) is 3.47. The lowest BCUT2D eigenvalue weighted by molar-refractivity contribution is 0.118. The molecular weight excluding hydrogens is 305 g/mol. The van der Waals surface area contributed by atoms with E-state index in [0.29, 0.717) is 10.0 Å². The van der Waals surface area contributed by atoms with E-state index >= 15 is 0 Å². The number of hydrogen-bond acceptors (Lipinski definition) is 2. The fraction of sp³-hybridized carbons (Fsp3) is 0.294. The third kappa shape index (κ3) is 2.69. The molecule has 0 heterocycles. The Kier molecular flexibility index (Phi) is 4.23. The second-order valence-corrected chi connectivity index (χ2v) is 6.26. The summed E-state index contributed by atoms with van der Waals surface area (Å²) >= 11 is 12.0. The van der Waals surface area contributed by atoms with Crippen molar-refractivity contribution in [2.75, 3.05) is 7.05 Å². The number of rotatable bonds is 3. The van der Waals surface area contributed by atoms with E-state index in [0.717, 1.165) is 12.0 Å². The van der Waals surface area contributed by atoms with Crippen molar-refractivity contribution in [1.29, 1.82) is 0 Å². The fourth-order valence-corrected chi connectivity index (χ4v) is 3.53. The van der Waals surface area contributed by atoms with Gasteiger partial charge in [0.05, 0.1) is 22.2 Å². The first-order valence-electron chi connectivity index (χ1n) is 7.00. The highest BCUT2D eigenvalue weighted by atomic mass is 35.5. The molecule has 0 saturated carbocycles. The Morgan fingerprint density at radius 3 is 2.43 bits per heavy atom. The van der Waals surface area contributed by atoms with Gasteiger partial charge in [-0.15, -0.1) is 0 Å². The molecule has 0 bridgehead atoms. The second kappa shape index (κ2) is 5.98. The van der Waals surface area contributed by atoms with E-state index in [9.17, 15) is 5.11 Å². The van der Waals surface area contributed by atoms with Gasteiger partial charge in [0, 0.05) is 5.92 Å². The zero-order chi connectivity index (χ0) is 15.0. The molecule has 2 N–H and O–H groups in total. The first kappa shape index (κ1) is 14.9. The number of hydrogen-bond donors (Lipinski definition) is 2. The predicted octanol–water partition coefficient (Wildman–Crippen LogP) is 3.95. The molecule has 4 heteroatoms. The third-order valence-corrected chi connectivity index (χ3v) is 4.97. The Labute approximate surface area is 134 Å². The number of benzene rings is 2. The van der Waals surface area contributed by atoms with Gasteiger partial charge in [-0.25, -0.2) is 0 Å². The van der Waals surface area contributed by atoms with Gasteiger partial charge >= 0.3 is 0 Å². The number of nitrogens with one attached hydrogen (secondary N) is 1. The van der Waals surface area contributed by atoms with Gasteiger partial charge in [0.1, 0.15) is 0 Å². The lowest BCUT2D eigenvalue weighted by atomic mass is 9.92. The van der Waals surface area contributed by atoms with Crippen LogP contribution in [0.2, 0.25) is 10.0 Å². The maximum Gasteiger partial charge on any atom is 0.0806 e. The summed E-state index contributed by atoms with van der Waals surface area (Å²) in [6.45, 7) is 0. The van der Waals surface area contributed by atoms with E-state index in [2.05, 4.69) is 17.4 Å². The summed E-state index contributed by atoms with van der Waals surface area (Å²) in [5, 5.41) is 15.0. The highest BCUT2D eigenvalue weighted by Gasteiger charge is 2.38. The van der Waals surface area contributed by atoms with Crippen molar-refractivity contribution in [2.24, 2.45) is 0 Å². The van der Waals surface area contributed by atoms with Gasteiger partial charge in [0.2, 0.25) is 0 Å². The minimum atomic E-state index is -0.443. The Bertz CT molecular complexity index is 659. The molecule has 0 saturated heterocycles. The average Bonchev–Trinajstić information content (AvgIpc) is 2.75. The molecule has 2 aromatic rings. The number of likely N-dealkylation sites (N-methyl/N-ethyl adjacent to an activating group) is 1. The molecule has 110 valence electrons. The summed E-state index contributed by atoms with van der Waals surface area (Å²) in [6.07, 6.45) is 0.301. The highest BCUT2D eigenvalue weighted by molar-refractivity contribution is 6.42. The van der Waals surface area contributed by atoms with Crippen LogP contribution >= 0.6 is 23.2 Å². The van der Waals surface area contributed by atoms with E-state index in [1.807, 2.05) is 37.4 Å². The molecular formula is C17H17Cl2NO. The number of fused-ring (bicyclic) bond motifs is 1. The summed E-state index contributed by atoms with van der Waals surface area (Å²) < 4.78 is 0. The molecule has 0 aromatic heterocycles. The maximum absolute atomic E-state index is 10.6. The van der Waals surface area contributed by atoms with E-state index in [-0.39, 0.29) is 12.0 Å². The molecule has 0 aliphatic heterocycles. The number of aliphatic hydroxyl groups is 1. The molecule has 3 atom stereocenters. The van der Waals surface area contributed by atoms with Gasteiger partial charge in [0.25, 0.3) is 0 Å². The van der Waals surface area contributed by atoms with Crippen LogP contribution in [0.1, 0.15) is 28.7 Å². The lowest BCUT2D eigenvalue weighted by Gasteiger charge is -2.20. The summed E-state index contributed by atoms with van der Waals surface area (Å²) in [7, 11) is 1.88. The standard InChI is InChI=1S/C17H17Cl2NO/c1-20-16-12-5-3-2-4-11(12)13(17(16)21)8-10-6-7-14(18)15(19)9-10/h2-7,9,13,16-17,20-21H,8H2,1H3/t13-,16-,17?/m0/s1. The minimum Gasteiger partial charge on any atom is -0.390 e. The first-order valence-corrected chi connectivity index (χ1v) is 7.75. The van der Waals surface area contributed by atoms with Crippen LogP contribution in [0, 0.1) is 0 Å². The van der Waals surface area contributed by atoms with Crippen molar-refractivity contribution >= 4 is 23.2 Å². The van der Waals surface area contributed by atoms with Gasteiger partial charge in [-0.1, -0.05) is 53.5 Å². The van der Waals surface area contributed by atoms with Crippen LogP contribution in [0.5, 0.6) is 0 Å². The quantitative estimate of drug-likeness (QED) is 0.897. The van der Waals surface area contributed by atoms with Crippen molar-refractivity contribution in [3.8, 4) is 0 Å². The van der Waals surface area contributed by atoms with Crippen LogP contribution in [-0.2, 0) is 6.42 Å². The van der Waals surface area contributed by atoms with E-state index in [1.54, 1.807) is 0 Å². The Morgan fingerprint density at radius 1 is 1.05 bits per heavy atom. The molecule has 2 aromatic carbocycles. The largest absolute Gasteiger partial charge is 0.390 e. The van der Waals surface area contributed by atoms with Crippen LogP contribution < -0.4 is 5.32 Å². The number of aliphatic hydroxyl groups excluding tert-OH is 1. The van der Waals surface area contributed by atoms with Gasteiger partial charge in [-0.05, 0) is 42.3 Å².